The second-order valence-corrected chi connectivity index (χ2v) is 8.26. The van der Waals surface area contributed by atoms with Crippen LogP contribution in [0.15, 0.2) is 48.7 Å². The molecule has 4 rings (SSSR count). The van der Waals surface area contributed by atoms with Crippen molar-refractivity contribution in [1.29, 1.82) is 0 Å². The second kappa shape index (κ2) is 8.30. The van der Waals surface area contributed by atoms with Gasteiger partial charge in [-0.25, -0.2) is 4.39 Å². The normalized spacial score (nSPS) is 16.6. The van der Waals surface area contributed by atoms with Crippen molar-refractivity contribution in [2.24, 2.45) is 5.92 Å². The highest BCUT2D eigenvalue weighted by atomic mass is 19.1. The number of nitrogens with one attached hydrogen (secondary N) is 2. The van der Waals surface area contributed by atoms with Crippen molar-refractivity contribution in [3.8, 4) is 0 Å². The molecule has 1 aromatic heterocycles. The molecule has 2 heterocycles. The van der Waals surface area contributed by atoms with Crippen LogP contribution in [0.3, 0.4) is 0 Å². The lowest BCUT2D eigenvalue weighted by atomic mass is 10.0. The molecule has 3 aromatic rings. The number of carbonyl (C=O) groups excluding carboxylic acids is 2. The van der Waals surface area contributed by atoms with Crippen LogP contribution in [0.4, 0.5) is 10.1 Å². The Morgan fingerprint density at radius 2 is 2.00 bits per heavy atom. The first-order chi connectivity index (χ1) is 14.4. The molecule has 1 aliphatic heterocycles. The maximum atomic E-state index is 13.6. The number of aromatic nitrogens is 1. The predicted molar refractivity (Wildman–Crippen MR) is 116 cm³/mol. The molecule has 0 aliphatic carbocycles. The average Bonchev–Trinajstić information content (AvgIpc) is 3.29. The van der Waals surface area contributed by atoms with Gasteiger partial charge in [0.25, 0.3) is 0 Å². The number of hydrogen-bond acceptors (Lipinski definition) is 2. The number of hydrogen-bond donors (Lipinski definition) is 2. The van der Waals surface area contributed by atoms with Crippen molar-refractivity contribution >= 4 is 28.4 Å². The van der Waals surface area contributed by atoms with E-state index in [0.29, 0.717) is 25.4 Å². The largest absolute Gasteiger partial charge is 0.361 e. The highest BCUT2D eigenvalue weighted by Gasteiger charge is 2.34. The molecule has 6 heteroatoms. The number of rotatable bonds is 6. The number of benzene rings is 2. The summed E-state index contributed by atoms with van der Waals surface area (Å²) in [5.41, 5.74) is 3.80. The number of anilines is 1. The van der Waals surface area contributed by atoms with E-state index in [-0.39, 0.29) is 30.0 Å². The zero-order valence-corrected chi connectivity index (χ0v) is 17.2. The van der Waals surface area contributed by atoms with E-state index >= 15 is 0 Å². The Kier molecular flexibility index (Phi) is 5.57. The first kappa shape index (κ1) is 20.1. The number of halogens is 1. The lowest BCUT2D eigenvalue weighted by Crippen LogP contribution is -2.30. The van der Waals surface area contributed by atoms with E-state index < -0.39 is 0 Å². The summed E-state index contributed by atoms with van der Waals surface area (Å²) in [6.07, 6.45) is 2.69. The summed E-state index contributed by atoms with van der Waals surface area (Å²) in [6.45, 7) is 5.17. The monoisotopic (exact) mass is 407 g/mol. The maximum Gasteiger partial charge on any atom is 0.229 e. The van der Waals surface area contributed by atoms with Crippen LogP contribution in [0.5, 0.6) is 0 Å². The Morgan fingerprint density at radius 3 is 2.73 bits per heavy atom. The van der Waals surface area contributed by atoms with Crippen LogP contribution in [0.25, 0.3) is 10.9 Å². The molecule has 2 N–H and O–H groups in total. The highest BCUT2D eigenvalue weighted by Crippen LogP contribution is 2.24. The number of H-pyrrole nitrogens is 1. The summed E-state index contributed by atoms with van der Waals surface area (Å²) < 4.78 is 13.6. The van der Waals surface area contributed by atoms with Crippen molar-refractivity contribution in [2.75, 3.05) is 18.4 Å². The smallest absolute Gasteiger partial charge is 0.229 e. The molecule has 1 unspecified atom stereocenters. The quantitative estimate of drug-likeness (QED) is 0.634. The van der Waals surface area contributed by atoms with Gasteiger partial charge in [0.05, 0.1) is 5.92 Å². The van der Waals surface area contributed by atoms with Crippen LogP contribution in [0.2, 0.25) is 0 Å². The number of nitrogens with zero attached hydrogens (tertiary/aromatic N) is 1. The van der Waals surface area contributed by atoms with Gasteiger partial charge in [0, 0.05) is 42.3 Å². The van der Waals surface area contributed by atoms with Crippen LogP contribution < -0.4 is 5.32 Å². The third-order valence-electron chi connectivity index (χ3n) is 5.81. The number of carbonyl (C=O) groups is 2. The number of aromatic amines is 1. The van der Waals surface area contributed by atoms with Gasteiger partial charge in [0.15, 0.2) is 0 Å². The molecule has 30 heavy (non-hydrogen) atoms. The Hall–Kier alpha value is -3.15. The minimum atomic E-state index is -0.359. The summed E-state index contributed by atoms with van der Waals surface area (Å²) >= 11 is 0. The maximum absolute atomic E-state index is 13.6. The number of fused-ring (bicyclic) bond motifs is 1. The molecular weight excluding hydrogens is 381 g/mol. The standard InChI is InChI=1S/C24H26FN3O2/c1-15(2)16-3-6-20(7-4-16)27-24(30)18-11-23(29)28(14-18)10-9-17-13-26-22-8-5-19(25)12-21(17)22/h3-8,12-13,15,18,26H,9-11,14H2,1-2H3,(H,27,30). The van der Waals surface area contributed by atoms with Gasteiger partial charge in [-0.3, -0.25) is 9.59 Å². The topological polar surface area (TPSA) is 65.2 Å². The second-order valence-electron chi connectivity index (χ2n) is 8.26. The Morgan fingerprint density at radius 1 is 1.23 bits per heavy atom. The van der Waals surface area contributed by atoms with E-state index in [9.17, 15) is 14.0 Å². The van der Waals surface area contributed by atoms with Gasteiger partial charge >= 0.3 is 0 Å². The third kappa shape index (κ3) is 4.22. The van der Waals surface area contributed by atoms with E-state index in [2.05, 4.69) is 24.1 Å². The zero-order valence-electron chi connectivity index (χ0n) is 17.2. The van der Waals surface area contributed by atoms with Crippen molar-refractivity contribution in [3.05, 3.63) is 65.6 Å². The lowest BCUT2D eigenvalue weighted by molar-refractivity contribution is -0.128. The summed E-state index contributed by atoms with van der Waals surface area (Å²) in [7, 11) is 0. The molecule has 1 fully saturated rings. The average molecular weight is 407 g/mol. The summed E-state index contributed by atoms with van der Waals surface area (Å²) in [4.78, 5) is 29.9. The third-order valence-corrected chi connectivity index (χ3v) is 5.81. The molecule has 1 saturated heterocycles. The van der Waals surface area contributed by atoms with Crippen molar-refractivity contribution < 1.29 is 14.0 Å². The van der Waals surface area contributed by atoms with Crippen molar-refractivity contribution in [1.82, 2.24) is 9.88 Å². The van der Waals surface area contributed by atoms with E-state index in [0.717, 1.165) is 22.2 Å². The molecule has 0 radical (unpaired) electrons. The van der Waals surface area contributed by atoms with Crippen LogP contribution >= 0.6 is 0 Å². The van der Waals surface area contributed by atoms with Crippen LogP contribution in [-0.2, 0) is 16.0 Å². The fourth-order valence-corrected chi connectivity index (χ4v) is 3.97. The molecule has 2 amide bonds. The van der Waals surface area contributed by atoms with Gasteiger partial charge in [-0.2, -0.15) is 0 Å². The van der Waals surface area contributed by atoms with Crippen molar-refractivity contribution in [2.45, 2.75) is 32.6 Å². The SMILES string of the molecule is CC(C)c1ccc(NC(=O)C2CC(=O)N(CCc3c[nH]c4ccc(F)cc34)C2)cc1. The molecule has 156 valence electrons. The Labute approximate surface area is 175 Å². The summed E-state index contributed by atoms with van der Waals surface area (Å²) in [6, 6.07) is 12.5. The van der Waals surface area contributed by atoms with Crippen molar-refractivity contribution in [3.63, 3.8) is 0 Å². The van der Waals surface area contributed by atoms with Gasteiger partial charge in [0.1, 0.15) is 5.82 Å². The molecule has 1 aliphatic rings. The molecule has 1 atom stereocenters. The lowest BCUT2D eigenvalue weighted by Gasteiger charge is -2.16. The minimum absolute atomic E-state index is 0.0173. The summed E-state index contributed by atoms with van der Waals surface area (Å²) in [5.74, 6) is -0.348. The van der Waals surface area contributed by atoms with Gasteiger partial charge in [-0.1, -0.05) is 26.0 Å². The fraction of sp³-hybridized carbons (Fsp3) is 0.333. The van der Waals surface area contributed by atoms with Crippen LogP contribution in [0.1, 0.15) is 37.3 Å². The Balaban J connectivity index is 1.35. The Bertz CT molecular complexity index is 1070. The summed E-state index contributed by atoms with van der Waals surface area (Å²) in [5, 5.41) is 3.76. The van der Waals surface area contributed by atoms with E-state index in [1.807, 2.05) is 30.5 Å². The molecule has 0 saturated carbocycles. The van der Waals surface area contributed by atoms with Crippen LogP contribution in [0, 0.1) is 11.7 Å². The van der Waals surface area contributed by atoms with E-state index in [4.69, 9.17) is 0 Å². The zero-order chi connectivity index (χ0) is 21.3. The van der Waals surface area contributed by atoms with E-state index in [1.54, 1.807) is 11.0 Å². The van der Waals surface area contributed by atoms with E-state index in [1.165, 1.54) is 17.7 Å². The molecule has 0 spiro atoms. The van der Waals surface area contributed by atoms with Gasteiger partial charge < -0.3 is 15.2 Å². The first-order valence-electron chi connectivity index (χ1n) is 10.3. The van der Waals surface area contributed by atoms with Gasteiger partial charge in [-0.15, -0.1) is 0 Å². The molecule has 0 bridgehead atoms. The minimum Gasteiger partial charge on any atom is -0.361 e. The first-order valence-corrected chi connectivity index (χ1v) is 10.3. The molecule has 2 aromatic carbocycles. The number of amides is 2. The predicted octanol–water partition coefficient (Wildman–Crippen LogP) is 4.46. The number of likely N-dealkylation sites (tertiary alicyclic amines) is 1. The fourth-order valence-electron chi connectivity index (χ4n) is 3.97. The van der Waals surface area contributed by atoms with Crippen LogP contribution in [-0.4, -0.2) is 34.8 Å². The highest BCUT2D eigenvalue weighted by molar-refractivity contribution is 5.97. The molecular formula is C24H26FN3O2. The molecule has 5 nitrogen and oxygen atoms in total. The van der Waals surface area contributed by atoms with Gasteiger partial charge in [-0.05, 0) is 53.8 Å². The van der Waals surface area contributed by atoms with Gasteiger partial charge in [0.2, 0.25) is 11.8 Å².